The fraction of sp³-hybridized carbons (Fsp3) is 0.167. The highest BCUT2D eigenvalue weighted by Crippen LogP contribution is 2.20. The molecule has 2 aromatic carbocycles. The fourth-order valence-electron chi connectivity index (χ4n) is 2.26. The van der Waals surface area contributed by atoms with Crippen LogP contribution in [0.1, 0.15) is 26.3 Å². The smallest absolute Gasteiger partial charge is 0.338 e. The van der Waals surface area contributed by atoms with Gasteiger partial charge in [0, 0.05) is 0 Å². The predicted molar refractivity (Wildman–Crippen MR) is 96.3 cm³/mol. The van der Waals surface area contributed by atoms with Crippen LogP contribution in [-0.4, -0.2) is 40.5 Å². The minimum absolute atomic E-state index is 0.00528. The van der Waals surface area contributed by atoms with Crippen molar-refractivity contribution in [1.29, 1.82) is 0 Å². The van der Waals surface area contributed by atoms with Crippen LogP contribution in [0.25, 0.3) is 0 Å². The van der Waals surface area contributed by atoms with Crippen LogP contribution in [0.15, 0.2) is 47.4 Å². The third-order valence-corrected chi connectivity index (χ3v) is 4.51. The number of carbonyl (C=O) groups excluding carboxylic acids is 3. The fourth-order valence-corrected chi connectivity index (χ4v) is 2.78. The first-order valence-corrected chi connectivity index (χ1v) is 9.33. The first kappa shape index (κ1) is 21.1. The van der Waals surface area contributed by atoms with Crippen molar-refractivity contribution >= 4 is 27.9 Å². The molecule has 0 aliphatic heterocycles. The lowest BCUT2D eigenvalue weighted by Gasteiger charge is -2.09. The Balaban J connectivity index is 2.20. The number of hydrogen-bond donors (Lipinski definition) is 1. The number of ether oxygens (including phenoxy) is 3. The lowest BCUT2D eigenvalue weighted by atomic mass is 10.1. The van der Waals surface area contributed by atoms with Crippen molar-refractivity contribution in [1.82, 2.24) is 0 Å². The third kappa shape index (κ3) is 5.38. The van der Waals surface area contributed by atoms with Crippen molar-refractivity contribution in [3.63, 3.8) is 0 Å². The summed E-state index contributed by atoms with van der Waals surface area (Å²) in [5.74, 6) is -2.18. The molecule has 0 spiro atoms. The first-order valence-electron chi connectivity index (χ1n) is 7.78. The molecule has 0 fully saturated rings. The van der Waals surface area contributed by atoms with E-state index in [1.54, 1.807) is 0 Å². The van der Waals surface area contributed by atoms with Crippen molar-refractivity contribution < 1.29 is 37.0 Å². The van der Waals surface area contributed by atoms with Gasteiger partial charge in [-0.1, -0.05) is 12.1 Å². The van der Waals surface area contributed by atoms with E-state index >= 15 is 0 Å². The van der Waals surface area contributed by atoms with Gasteiger partial charge in [0.1, 0.15) is 5.75 Å². The Morgan fingerprint density at radius 1 is 0.893 bits per heavy atom. The first-order chi connectivity index (χ1) is 13.1. The third-order valence-electron chi connectivity index (χ3n) is 3.58. The molecule has 2 N–H and O–H groups in total. The zero-order valence-corrected chi connectivity index (χ0v) is 15.8. The molecule has 0 heterocycles. The minimum atomic E-state index is -3.83. The summed E-state index contributed by atoms with van der Waals surface area (Å²) in [7, 11) is -1.49. The van der Waals surface area contributed by atoms with Crippen molar-refractivity contribution in [2.75, 3.05) is 14.2 Å². The number of rotatable bonds is 6. The summed E-state index contributed by atoms with van der Waals surface area (Å²) in [4.78, 5) is 35.6. The molecule has 0 atom stereocenters. The van der Waals surface area contributed by atoms with Gasteiger partial charge in [0.25, 0.3) is 0 Å². The predicted octanol–water partition coefficient (Wildman–Crippen LogP) is 1.06. The molecule has 10 heteroatoms. The number of hydrogen-bond acceptors (Lipinski definition) is 8. The molecule has 0 bridgehead atoms. The van der Waals surface area contributed by atoms with Gasteiger partial charge in [0.2, 0.25) is 10.0 Å². The summed E-state index contributed by atoms with van der Waals surface area (Å²) >= 11 is 0. The van der Waals surface area contributed by atoms with Gasteiger partial charge in [-0.15, -0.1) is 0 Å². The van der Waals surface area contributed by atoms with Crippen molar-refractivity contribution in [2.24, 2.45) is 5.14 Å². The highest BCUT2D eigenvalue weighted by atomic mass is 32.2. The second kappa shape index (κ2) is 8.63. The van der Waals surface area contributed by atoms with Gasteiger partial charge < -0.3 is 14.2 Å². The summed E-state index contributed by atoms with van der Waals surface area (Å²) in [6.07, 6.45) is -0.180. The van der Waals surface area contributed by atoms with Crippen LogP contribution in [0, 0.1) is 0 Å². The summed E-state index contributed by atoms with van der Waals surface area (Å²) in [5.41, 5.74) is 0.492. The number of sulfonamides is 1. The summed E-state index contributed by atoms with van der Waals surface area (Å²) < 4.78 is 36.9. The van der Waals surface area contributed by atoms with Gasteiger partial charge in [-0.2, -0.15) is 0 Å². The van der Waals surface area contributed by atoms with Gasteiger partial charge in [-0.05, 0) is 35.9 Å². The van der Waals surface area contributed by atoms with Gasteiger partial charge in [0.05, 0.1) is 36.7 Å². The summed E-state index contributed by atoms with van der Waals surface area (Å²) in [5, 5.41) is 5.02. The largest absolute Gasteiger partial charge is 0.465 e. The molecule has 0 aromatic heterocycles. The molecule has 28 heavy (non-hydrogen) atoms. The van der Waals surface area contributed by atoms with Crippen molar-refractivity contribution in [3.05, 3.63) is 59.2 Å². The van der Waals surface area contributed by atoms with E-state index in [-0.39, 0.29) is 28.2 Å². The van der Waals surface area contributed by atoms with E-state index in [4.69, 9.17) is 9.88 Å². The van der Waals surface area contributed by atoms with Crippen LogP contribution in [0.5, 0.6) is 5.75 Å². The lowest BCUT2D eigenvalue weighted by Crippen LogP contribution is -2.14. The molecule has 0 amide bonds. The van der Waals surface area contributed by atoms with Crippen LogP contribution >= 0.6 is 0 Å². The number of carbonyl (C=O) groups is 3. The number of methoxy groups -OCH3 is 2. The zero-order chi connectivity index (χ0) is 20.9. The van der Waals surface area contributed by atoms with Crippen LogP contribution in [0.2, 0.25) is 0 Å². The number of primary sulfonamides is 1. The number of esters is 3. The second-order valence-corrected chi connectivity index (χ2v) is 7.13. The number of nitrogens with two attached hydrogens (primary N) is 1. The molecular formula is C18H17NO8S. The van der Waals surface area contributed by atoms with Gasteiger partial charge in [-0.25, -0.2) is 23.1 Å². The maximum atomic E-state index is 12.2. The van der Waals surface area contributed by atoms with E-state index in [1.807, 2.05) is 0 Å². The Kier molecular flexibility index (Phi) is 6.49. The Bertz CT molecular complexity index is 978. The molecule has 2 aromatic rings. The molecule has 0 unspecified atom stereocenters. The summed E-state index contributed by atoms with van der Waals surface area (Å²) in [6, 6.07) is 9.13. The Hall–Kier alpha value is -3.24. The monoisotopic (exact) mass is 407 g/mol. The van der Waals surface area contributed by atoms with Crippen LogP contribution in [-0.2, 0) is 30.7 Å². The molecule has 0 saturated heterocycles. The van der Waals surface area contributed by atoms with E-state index in [2.05, 4.69) is 9.47 Å². The van der Waals surface area contributed by atoms with E-state index in [1.165, 1.54) is 56.7 Å². The molecule has 148 valence electrons. The standard InChI is InChI=1S/C18H17NO8S/c1-25-17(21)12-8-13(18(22)26-2)10-14(9-12)27-16(20)7-11-3-5-15(6-4-11)28(19,23)24/h3-6,8-10H,7H2,1-2H3,(H2,19,23,24). The maximum Gasteiger partial charge on any atom is 0.338 e. The van der Waals surface area contributed by atoms with E-state index in [9.17, 15) is 22.8 Å². The van der Waals surface area contributed by atoms with Gasteiger partial charge in [-0.3, -0.25) is 4.79 Å². The zero-order valence-electron chi connectivity index (χ0n) is 15.0. The normalized spacial score (nSPS) is 10.8. The quantitative estimate of drug-likeness (QED) is 0.554. The highest BCUT2D eigenvalue weighted by Gasteiger charge is 2.16. The average Bonchev–Trinajstić information content (AvgIpc) is 2.65. The number of benzene rings is 2. The van der Waals surface area contributed by atoms with Crippen LogP contribution in [0.4, 0.5) is 0 Å². The van der Waals surface area contributed by atoms with Crippen molar-refractivity contribution in [3.8, 4) is 5.75 Å². The molecule has 0 aliphatic rings. The Morgan fingerprint density at radius 3 is 1.82 bits per heavy atom. The van der Waals surface area contributed by atoms with E-state index in [0.29, 0.717) is 5.56 Å². The SMILES string of the molecule is COC(=O)c1cc(OC(=O)Cc2ccc(S(N)(=O)=O)cc2)cc(C(=O)OC)c1. The maximum absolute atomic E-state index is 12.2. The van der Waals surface area contributed by atoms with Gasteiger partial charge >= 0.3 is 17.9 Å². The Morgan fingerprint density at radius 2 is 1.39 bits per heavy atom. The topological polar surface area (TPSA) is 139 Å². The molecule has 0 aliphatic carbocycles. The van der Waals surface area contributed by atoms with E-state index < -0.39 is 27.9 Å². The lowest BCUT2D eigenvalue weighted by molar-refractivity contribution is -0.133. The van der Waals surface area contributed by atoms with Crippen molar-refractivity contribution in [2.45, 2.75) is 11.3 Å². The second-order valence-electron chi connectivity index (χ2n) is 5.57. The van der Waals surface area contributed by atoms with Crippen LogP contribution in [0.3, 0.4) is 0 Å². The summed E-state index contributed by atoms with van der Waals surface area (Å²) in [6.45, 7) is 0. The molecule has 0 radical (unpaired) electrons. The molecule has 9 nitrogen and oxygen atoms in total. The minimum Gasteiger partial charge on any atom is -0.465 e. The molecule has 2 rings (SSSR count). The molecule has 0 saturated carbocycles. The molecular weight excluding hydrogens is 390 g/mol. The highest BCUT2D eigenvalue weighted by molar-refractivity contribution is 7.89. The van der Waals surface area contributed by atoms with Gasteiger partial charge in [0.15, 0.2) is 0 Å². The van der Waals surface area contributed by atoms with E-state index in [0.717, 1.165) is 0 Å². The Labute approximate surface area is 161 Å². The van der Waals surface area contributed by atoms with Crippen LogP contribution < -0.4 is 9.88 Å². The average molecular weight is 407 g/mol.